The molecule has 0 radical (unpaired) electrons. The summed E-state index contributed by atoms with van der Waals surface area (Å²) >= 11 is 0. The summed E-state index contributed by atoms with van der Waals surface area (Å²) in [7, 11) is 0. The van der Waals surface area contributed by atoms with Crippen molar-refractivity contribution in [2.45, 2.75) is 27.7 Å². The van der Waals surface area contributed by atoms with Crippen molar-refractivity contribution in [3.8, 4) is 12.3 Å². The molecule has 2 heteroatoms. The molecule has 0 saturated heterocycles. The summed E-state index contributed by atoms with van der Waals surface area (Å²) in [4.78, 5) is 11.5. The van der Waals surface area contributed by atoms with E-state index in [4.69, 9.17) is 11.2 Å². The quantitative estimate of drug-likeness (QED) is 0.491. The molecule has 0 amide bonds. The molecule has 0 spiro atoms. The molecular weight excluding hydrogens is 164 g/mol. The second kappa shape index (κ2) is 5.64. The summed E-state index contributed by atoms with van der Waals surface area (Å²) in [6, 6.07) is 0. The fourth-order valence-corrected chi connectivity index (χ4v) is 1.40. The zero-order valence-electron chi connectivity index (χ0n) is 8.83. The van der Waals surface area contributed by atoms with Gasteiger partial charge in [-0.25, -0.2) is 0 Å². The van der Waals surface area contributed by atoms with Crippen LogP contribution in [0.5, 0.6) is 0 Å². The highest BCUT2D eigenvalue weighted by molar-refractivity contribution is 5.73. The SMILES string of the molecule is C#CC(C)C(C(=O)OCC)C(C)C. The third-order valence-corrected chi connectivity index (χ3v) is 2.08. The summed E-state index contributed by atoms with van der Waals surface area (Å²) in [5.74, 6) is 2.40. The molecule has 2 atom stereocenters. The van der Waals surface area contributed by atoms with Crippen molar-refractivity contribution in [2.24, 2.45) is 17.8 Å². The van der Waals surface area contributed by atoms with Crippen LogP contribution in [0.4, 0.5) is 0 Å². The van der Waals surface area contributed by atoms with Gasteiger partial charge in [0.15, 0.2) is 0 Å². The van der Waals surface area contributed by atoms with Crippen molar-refractivity contribution in [1.29, 1.82) is 0 Å². The molecule has 0 heterocycles. The Morgan fingerprint density at radius 3 is 2.31 bits per heavy atom. The van der Waals surface area contributed by atoms with Gasteiger partial charge in [0.05, 0.1) is 12.5 Å². The lowest BCUT2D eigenvalue weighted by Crippen LogP contribution is -2.28. The number of ether oxygens (including phenoxy) is 1. The topological polar surface area (TPSA) is 26.3 Å². The lowest BCUT2D eigenvalue weighted by Gasteiger charge is -2.21. The van der Waals surface area contributed by atoms with Gasteiger partial charge in [-0.2, -0.15) is 0 Å². The maximum absolute atomic E-state index is 11.5. The summed E-state index contributed by atoms with van der Waals surface area (Å²) < 4.78 is 4.95. The van der Waals surface area contributed by atoms with Gasteiger partial charge >= 0.3 is 5.97 Å². The summed E-state index contributed by atoms with van der Waals surface area (Å²) in [6.45, 7) is 8.06. The van der Waals surface area contributed by atoms with Crippen molar-refractivity contribution < 1.29 is 9.53 Å². The molecule has 0 aliphatic carbocycles. The Balaban J connectivity index is 4.43. The molecule has 0 bridgehead atoms. The van der Waals surface area contributed by atoms with Crippen molar-refractivity contribution in [2.75, 3.05) is 6.61 Å². The molecule has 0 fully saturated rings. The first-order valence-electron chi connectivity index (χ1n) is 4.67. The molecule has 0 aromatic rings. The first kappa shape index (κ1) is 12.0. The van der Waals surface area contributed by atoms with Crippen LogP contribution < -0.4 is 0 Å². The third-order valence-electron chi connectivity index (χ3n) is 2.08. The average Bonchev–Trinajstić information content (AvgIpc) is 2.04. The van der Waals surface area contributed by atoms with Gasteiger partial charge in [-0.15, -0.1) is 12.3 Å². The van der Waals surface area contributed by atoms with Gasteiger partial charge in [0.25, 0.3) is 0 Å². The Hall–Kier alpha value is -0.970. The lowest BCUT2D eigenvalue weighted by atomic mass is 9.85. The molecule has 0 aliphatic rings. The highest BCUT2D eigenvalue weighted by Crippen LogP contribution is 2.21. The van der Waals surface area contributed by atoms with Gasteiger partial charge in [0.2, 0.25) is 0 Å². The normalized spacial score (nSPS) is 14.8. The molecule has 2 unspecified atom stereocenters. The number of carbonyl (C=O) groups is 1. The average molecular weight is 182 g/mol. The van der Waals surface area contributed by atoms with E-state index in [1.165, 1.54) is 0 Å². The van der Waals surface area contributed by atoms with Gasteiger partial charge in [-0.1, -0.05) is 20.8 Å². The molecule has 74 valence electrons. The van der Waals surface area contributed by atoms with E-state index >= 15 is 0 Å². The second-order valence-corrected chi connectivity index (χ2v) is 3.48. The Morgan fingerprint density at radius 2 is 2.00 bits per heavy atom. The molecule has 0 N–H and O–H groups in total. The van der Waals surface area contributed by atoms with E-state index in [0.29, 0.717) is 6.61 Å². The second-order valence-electron chi connectivity index (χ2n) is 3.48. The van der Waals surface area contributed by atoms with E-state index < -0.39 is 0 Å². The Kier molecular flexibility index (Phi) is 5.22. The smallest absolute Gasteiger partial charge is 0.310 e. The van der Waals surface area contributed by atoms with Crippen molar-refractivity contribution in [3.05, 3.63) is 0 Å². The molecule has 2 nitrogen and oxygen atoms in total. The minimum absolute atomic E-state index is 0.0564. The first-order valence-corrected chi connectivity index (χ1v) is 4.67. The number of terminal acetylenes is 1. The Bertz CT molecular complexity index is 201. The fourth-order valence-electron chi connectivity index (χ4n) is 1.40. The van der Waals surface area contributed by atoms with E-state index in [9.17, 15) is 4.79 Å². The van der Waals surface area contributed by atoms with Gasteiger partial charge in [-0.3, -0.25) is 4.79 Å². The largest absolute Gasteiger partial charge is 0.466 e. The zero-order valence-corrected chi connectivity index (χ0v) is 8.83. The highest BCUT2D eigenvalue weighted by atomic mass is 16.5. The highest BCUT2D eigenvalue weighted by Gasteiger charge is 2.28. The predicted molar refractivity (Wildman–Crippen MR) is 53.0 cm³/mol. The maximum Gasteiger partial charge on any atom is 0.310 e. The van der Waals surface area contributed by atoms with Crippen LogP contribution >= 0.6 is 0 Å². The Labute approximate surface area is 80.7 Å². The summed E-state index contributed by atoms with van der Waals surface area (Å²) in [6.07, 6.45) is 5.29. The van der Waals surface area contributed by atoms with Crippen LogP contribution in [0.15, 0.2) is 0 Å². The van der Waals surface area contributed by atoms with Crippen LogP contribution in [0.25, 0.3) is 0 Å². The number of hydrogen-bond acceptors (Lipinski definition) is 2. The first-order chi connectivity index (χ1) is 6.04. The molecule has 0 saturated carbocycles. The van der Waals surface area contributed by atoms with Crippen molar-refractivity contribution in [1.82, 2.24) is 0 Å². The minimum atomic E-state index is -0.178. The van der Waals surface area contributed by atoms with E-state index in [1.807, 2.05) is 20.8 Å². The maximum atomic E-state index is 11.5. The molecule has 0 aromatic heterocycles. The fraction of sp³-hybridized carbons (Fsp3) is 0.727. The van der Waals surface area contributed by atoms with Crippen molar-refractivity contribution in [3.63, 3.8) is 0 Å². The van der Waals surface area contributed by atoms with Gasteiger partial charge in [-0.05, 0) is 12.8 Å². The molecular formula is C11H18O2. The van der Waals surface area contributed by atoms with Crippen LogP contribution in [-0.2, 0) is 9.53 Å². The van der Waals surface area contributed by atoms with E-state index in [1.54, 1.807) is 6.92 Å². The number of rotatable bonds is 4. The van der Waals surface area contributed by atoms with Crippen molar-refractivity contribution >= 4 is 5.97 Å². The summed E-state index contributed by atoms with van der Waals surface area (Å²) in [5, 5.41) is 0. The molecule has 13 heavy (non-hydrogen) atoms. The van der Waals surface area contributed by atoms with E-state index in [2.05, 4.69) is 5.92 Å². The van der Waals surface area contributed by atoms with E-state index in [-0.39, 0.29) is 23.7 Å². The third kappa shape index (κ3) is 3.50. The monoisotopic (exact) mass is 182 g/mol. The number of esters is 1. The Morgan fingerprint density at radius 1 is 1.46 bits per heavy atom. The van der Waals surface area contributed by atoms with Gasteiger partial charge in [0, 0.05) is 5.92 Å². The summed E-state index contributed by atoms with van der Waals surface area (Å²) in [5.41, 5.74) is 0. The van der Waals surface area contributed by atoms with Crippen LogP contribution in [0.2, 0.25) is 0 Å². The number of hydrogen-bond donors (Lipinski definition) is 0. The molecule has 0 aromatic carbocycles. The minimum Gasteiger partial charge on any atom is -0.466 e. The van der Waals surface area contributed by atoms with E-state index in [0.717, 1.165) is 0 Å². The number of carbonyl (C=O) groups excluding carboxylic acids is 1. The van der Waals surface area contributed by atoms with Gasteiger partial charge < -0.3 is 4.74 Å². The molecule has 0 rings (SSSR count). The molecule has 0 aliphatic heterocycles. The van der Waals surface area contributed by atoms with Crippen LogP contribution in [0.3, 0.4) is 0 Å². The zero-order chi connectivity index (χ0) is 10.4. The standard InChI is InChI=1S/C11H18O2/c1-6-9(5)10(8(3)4)11(12)13-7-2/h1,8-10H,7H2,2-5H3. The lowest BCUT2D eigenvalue weighted by molar-refractivity contribution is -0.150. The van der Waals surface area contributed by atoms with Crippen LogP contribution in [0.1, 0.15) is 27.7 Å². The van der Waals surface area contributed by atoms with Crippen LogP contribution in [-0.4, -0.2) is 12.6 Å². The van der Waals surface area contributed by atoms with Crippen LogP contribution in [0, 0.1) is 30.1 Å². The predicted octanol–water partition coefficient (Wildman–Crippen LogP) is 2.09. The van der Waals surface area contributed by atoms with Gasteiger partial charge in [0.1, 0.15) is 0 Å².